The number of methoxy groups -OCH3 is 1. The van der Waals surface area contributed by atoms with Crippen molar-refractivity contribution in [2.45, 2.75) is 32.4 Å². The van der Waals surface area contributed by atoms with E-state index in [-0.39, 0.29) is 30.7 Å². The molecule has 0 aliphatic carbocycles. The quantitative estimate of drug-likeness (QED) is 0.894. The van der Waals surface area contributed by atoms with Crippen LogP contribution in [0.3, 0.4) is 0 Å². The van der Waals surface area contributed by atoms with Crippen molar-refractivity contribution in [1.29, 1.82) is 0 Å². The zero-order valence-electron chi connectivity index (χ0n) is 12.2. The van der Waals surface area contributed by atoms with Gasteiger partial charge < -0.3 is 15.0 Å². The SMILES string of the molecule is CCCC1C(=O)NCC(=O)N1Cc1cccc(OC)c1F. The first kappa shape index (κ1) is 15.3. The van der Waals surface area contributed by atoms with Crippen LogP contribution < -0.4 is 10.1 Å². The molecule has 6 heteroatoms. The summed E-state index contributed by atoms with van der Waals surface area (Å²) in [6, 6.07) is 4.25. The van der Waals surface area contributed by atoms with E-state index >= 15 is 0 Å². The third-order valence-electron chi connectivity index (χ3n) is 3.58. The number of rotatable bonds is 5. The second kappa shape index (κ2) is 6.56. The smallest absolute Gasteiger partial charge is 0.243 e. The highest BCUT2D eigenvalue weighted by molar-refractivity contribution is 5.94. The summed E-state index contributed by atoms with van der Waals surface area (Å²) in [6.07, 6.45) is 1.33. The minimum absolute atomic E-state index is 0.0371. The molecule has 1 unspecified atom stereocenters. The van der Waals surface area contributed by atoms with Crippen molar-refractivity contribution in [1.82, 2.24) is 10.2 Å². The van der Waals surface area contributed by atoms with E-state index in [1.165, 1.54) is 18.1 Å². The van der Waals surface area contributed by atoms with Gasteiger partial charge in [-0.05, 0) is 12.5 Å². The van der Waals surface area contributed by atoms with Crippen molar-refractivity contribution in [3.05, 3.63) is 29.6 Å². The molecule has 1 saturated heterocycles. The zero-order valence-corrected chi connectivity index (χ0v) is 12.2. The van der Waals surface area contributed by atoms with E-state index in [4.69, 9.17) is 4.74 Å². The molecule has 5 nitrogen and oxygen atoms in total. The van der Waals surface area contributed by atoms with Gasteiger partial charge in [-0.15, -0.1) is 0 Å². The Morgan fingerprint density at radius 2 is 2.19 bits per heavy atom. The van der Waals surface area contributed by atoms with Crippen molar-refractivity contribution in [2.24, 2.45) is 0 Å². The number of nitrogens with one attached hydrogen (secondary N) is 1. The molecular formula is C15H19FN2O3. The molecule has 0 spiro atoms. The summed E-state index contributed by atoms with van der Waals surface area (Å²) in [4.78, 5) is 25.4. The number of hydrogen-bond donors (Lipinski definition) is 1. The molecule has 21 heavy (non-hydrogen) atoms. The third kappa shape index (κ3) is 3.15. The van der Waals surface area contributed by atoms with E-state index in [0.717, 1.165) is 6.42 Å². The number of hydrogen-bond acceptors (Lipinski definition) is 3. The van der Waals surface area contributed by atoms with Gasteiger partial charge in [-0.25, -0.2) is 4.39 Å². The van der Waals surface area contributed by atoms with Crippen LogP contribution in [0.25, 0.3) is 0 Å². The first-order chi connectivity index (χ1) is 10.1. The lowest BCUT2D eigenvalue weighted by molar-refractivity contribution is -0.146. The average molecular weight is 294 g/mol. The maximum absolute atomic E-state index is 14.2. The molecule has 1 atom stereocenters. The fraction of sp³-hybridized carbons (Fsp3) is 0.467. The molecule has 1 aliphatic rings. The molecule has 0 saturated carbocycles. The van der Waals surface area contributed by atoms with Gasteiger partial charge in [-0.1, -0.05) is 25.5 Å². The summed E-state index contributed by atoms with van der Waals surface area (Å²) < 4.78 is 19.1. The van der Waals surface area contributed by atoms with Crippen molar-refractivity contribution in [2.75, 3.05) is 13.7 Å². The Morgan fingerprint density at radius 3 is 2.86 bits per heavy atom. The van der Waals surface area contributed by atoms with Gasteiger partial charge in [-0.3, -0.25) is 9.59 Å². The fourth-order valence-corrected chi connectivity index (χ4v) is 2.48. The van der Waals surface area contributed by atoms with Crippen LogP contribution in [-0.2, 0) is 16.1 Å². The Labute approximate surface area is 123 Å². The van der Waals surface area contributed by atoms with Crippen LogP contribution in [0.1, 0.15) is 25.3 Å². The van der Waals surface area contributed by atoms with Crippen LogP contribution in [0.4, 0.5) is 4.39 Å². The molecule has 1 heterocycles. The monoisotopic (exact) mass is 294 g/mol. The molecule has 1 fully saturated rings. The molecule has 0 radical (unpaired) electrons. The van der Waals surface area contributed by atoms with Gasteiger partial charge in [0.1, 0.15) is 6.04 Å². The lowest BCUT2D eigenvalue weighted by Crippen LogP contribution is -2.57. The van der Waals surface area contributed by atoms with E-state index < -0.39 is 11.9 Å². The van der Waals surface area contributed by atoms with Crippen molar-refractivity contribution in [3.63, 3.8) is 0 Å². The molecule has 0 bridgehead atoms. The Bertz CT molecular complexity index is 548. The molecular weight excluding hydrogens is 275 g/mol. The molecule has 2 amide bonds. The highest BCUT2D eigenvalue weighted by Gasteiger charge is 2.34. The lowest BCUT2D eigenvalue weighted by atomic mass is 10.0. The van der Waals surface area contributed by atoms with E-state index in [0.29, 0.717) is 12.0 Å². The predicted molar refractivity (Wildman–Crippen MR) is 75.2 cm³/mol. The van der Waals surface area contributed by atoms with Gasteiger partial charge >= 0.3 is 0 Å². The van der Waals surface area contributed by atoms with Crippen LogP contribution in [0.2, 0.25) is 0 Å². The Kier molecular flexibility index (Phi) is 4.77. The maximum Gasteiger partial charge on any atom is 0.243 e. The average Bonchev–Trinajstić information content (AvgIpc) is 2.48. The summed E-state index contributed by atoms with van der Waals surface area (Å²) in [6.45, 7) is 1.97. The molecule has 0 aromatic heterocycles. The number of amides is 2. The first-order valence-corrected chi connectivity index (χ1v) is 6.97. The van der Waals surface area contributed by atoms with Crippen LogP contribution in [0.15, 0.2) is 18.2 Å². The van der Waals surface area contributed by atoms with Gasteiger partial charge in [0.15, 0.2) is 11.6 Å². The standard InChI is InChI=1S/C15H19FN2O3/c1-3-5-11-15(20)17-8-13(19)18(11)9-10-6-4-7-12(21-2)14(10)16/h4,6-7,11H,3,5,8-9H2,1-2H3,(H,17,20). The first-order valence-electron chi connectivity index (χ1n) is 6.97. The summed E-state index contributed by atoms with van der Waals surface area (Å²) in [5.41, 5.74) is 0.346. The van der Waals surface area contributed by atoms with Gasteiger partial charge in [0, 0.05) is 12.1 Å². The Morgan fingerprint density at radius 1 is 1.43 bits per heavy atom. The number of carbonyl (C=O) groups is 2. The lowest BCUT2D eigenvalue weighted by Gasteiger charge is -2.35. The van der Waals surface area contributed by atoms with Gasteiger partial charge in [0.25, 0.3) is 0 Å². The minimum Gasteiger partial charge on any atom is -0.494 e. The van der Waals surface area contributed by atoms with Crippen molar-refractivity contribution >= 4 is 11.8 Å². The number of carbonyl (C=O) groups excluding carboxylic acids is 2. The normalized spacial score (nSPS) is 18.6. The van der Waals surface area contributed by atoms with Gasteiger partial charge in [0.05, 0.1) is 13.7 Å². The van der Waals surface area contributed by atoms with Crippen LogP contribution >= 0.6 is 0 Å². The topological polar surface area (TPSA) is 58.6 Å². The van der Waals surface area contributed by atoms with E-state index in [9.17, 15) is 14.0 Å². The summed E-state index contributed by atoms with van der Waals surface area (Å²) in [7, 11) is 1.39. The Balaban J connectivity index is 2.26. The number of nitrogens with zero attached hydrogens (tertiary/aromatic N) is 1. The van der Waals surface area contributed by atoms with E-state index in [1.54, 1.807) is 12.1 Å². The second-order valence-electron chi connectivity index (χ2n) is 4.98. The van der Waals surface area contributed by atoms with E-state index in [1.807, 2.05) is 6.92 Å². The largest absolute Gasteiger partial charge is 0.494 e. The number of halogens is 1. The van der Waals surface area contributed by atoms with E-state index in [2.05, 4.69) is 5.32 Å². The molecule has 1 N–H and O–H groups in total. The molecule has 1 aromatic rings. The zero-order chi connectivity index (χ0) is 15.4. The van der Waals surface area contributed by atoms with Crippen molar-refractivity contribution in [3.8, 4) is 5.75 Å². The summed E-state index contributed by atoms with van der Waals surface area (Å²) in [5.74, 6) is -0.738. The van der Waals surface area contributed by atoms with Crippen LogP contribution in [0, 0.1) is 5.82 Å². The molecule has 2 rings (SSSR count). The summed E-state index contributed by atoms with van der Waals surface area (Å²) >= 11 is 0. The minimum atomic E-state index is -0.540. The highest BCUT2D eigenvalue weighted by atomic mass is 19.1. The van der Waals surface area contributed by atoms with Crippen LogP contribution in [0.5, 0.6) is 5.75 Å². The number of benzene rings is 1. The number of ether oxygens (including phenoxy) is 1. The Hall–Kier alpha value is -2.11. The van der Waals surface area contributed by atoms with Crippen molar-refractivity contribution < 1.29 is 18.7 Å². The van der Waals surface area contributed by atoms with Gasteiger partial charge in [-0.2, -0.15) is 0 Å². The predicted octanol–water partition coefficient (Wildman–Crippen LogP) is 1.46. The van der Waals surface area contributed by atoms with Gasteiger partial charge in [0.2, 0.25) is 11.8 Å². The third-order valence-corrected chi connectivity index (χ3v) is 3.58. The second-order valence-corrected chi connectivity index (χ2v) is 4.98. The molecule has 1 aromatic carbocycles. The summed E-state index contributed by atoms with van der Waals surface area (Å²) in [5, 5.41) is 2.57. The maximum atomic E-state index is 14.2. The molecule has 114 valence electrons. The van der Waals surface area contributed by atoms with Crippen LogP contribution in [-0.4, -0.2) is 36.4 Å². The highest BCUT2D eigenvalue weighted by Crippen LogP contribution is 2.23. The number of piperazine rings is 1. The molecule has 1 aliphatic heterocycles. The fourth-order valence-electron chi connectivity index (χ4n) is 2.48.